The molecule has 0 aromatic carbocycles. The van der Waals surface area contributed by atoms with Crippen LogP contribution in [0.25, 0.3) is 0 Å². The molecule has 0 unspecified atom stereocenters. The summed E-state index contributed by atoms with van der Waals surface area (Å²) in [6, 6.07) is 0. The van der Waals surface area contributed by atoms with E-state index in [0.717, 1.165) is 26.1 Å². The molecule has 10 heavy (non-hydrogen) atoms. The largest absolute Gasteiger partial charge is 0.373 e. The molecule has 1 heterocycles. The Labute approximate surface area is 62.5 Å². The summed E-state index contributed by atoms with van der Waals surface area (Å²) < 4.78 is 11.0. The third kappa shape index (κ3) is 1.96. The van der Waals surface area contributed by atoms with Gasteiger partial charge in [0.1, 0.15) is 0 Å². The van der Waals surface area contributed by atoms with Crippen molar-refractivity contribution >= 4 is 0 Å². The molecule has 2 atom stereocenters. The summed E-state index contributed by atoms with van der Waals surface area (Å²) in [4.78, 5) is 0. The molecule has 0 spiro atoms. The zero-order chi connectivity index (χ0) is 7.40. The summed E-state index contributed by atoms with van der Waals surface area (Å²) in [6.07, 6.45) is 2.83. The van der Waals surface area contributed by atoms with Gasteiger partial charge >= 0.3 is 0 Å². The first kappa shape index (κ1) is 8.02. The highest BCUT2D eigenvalue weighted by Crippen LogP contribution is 2.11. The van der Waals surface area contributed by atoms with Gasteiger partial charge in [0, 0.05) is 0 Å². The lowest BCUT2D eigenvalue weighted by molar-refractivity contribution is -0.133. The van der Waals surface area contributed by atoms with Crippen molar-refractivity contribution in [3.05, 3.63) is 0 Å². The van der Waals surface area contributed by atoms with Crippen molar-refractivity contribution in [2.45, 2.75) is 38.9 Å². The first-order valence-electron chi connectivity index (χ1n) is 4.10. The van der Waals surface area contributed by atoms with Gasteiger partial charge in [0.15, 0.2) is 0 Å². The van der Waals surface area contributed by atoms with E-state index < -0.39 is 0 Å². The molecule has 1 rings (SSSR count). The molecule has 1 saturated heterocycles. The fourth-order valence-electron chi connectivity index (χ4n) is 1.05. The van der Waals surface area contributed by atoms with Gasteiger partial charge in [-0.25, -0.2) is 0 Å². The Bertz CT molecular complexity index is 73.3. The fraction of sp³-hybridized carbons (Fsp3) is 1.00. The van der Waals surface area contributed by atoms with Crippen LogP contribution in [0.15, 0.2) is 0 Å². The minimum absolute atomic E-state index is 0.350. The Balaban J connectivity index is 2.17. The van der Waals surface area contributed by atoms with E-state index in [0.29, 0.717) is 12.2 Å². The average molecular weight is 144 g/mol. The number of hydrogen-bond donors (Lipinski definition) is 0. The molecule has 60 valence electrons. The van der Waals surface area contributed by atoms with Gasteiger partial charge in [0.05, 0.1) is 25.4 Å². The Morgan fingerprint density at radius 3 is 1.60 bits per heavy atom. The molecular weight excluding hydrogens is 128 g/mol. The van der Waals surface area contributed by atoms with Crippen LogP contribution < -0.4 is 0 Å². The van der Waals surface area contributed by atoms with E-state index in [9.17, 15) is 0 Å². The predicted octanol–water partition coefficient (Wildman–Crippen LogP) is 1.59. The van der Waals surface area contributed by atoms with Crippen molar-refractivity contribution in [3.8, 4) is 0 Å². The van der Waals surface area contributed by atoms with Crippen molar-refractivity contribution in [1.82, 2.24) is 0 Å². The van der Waals surface area contributed by atoms with E-state index in [1.54, 1.807) is 0 Å². The zero-order valence-corrected chi connectivity index (χ0v) is 6.80. The lowest BCUT2D eigenvalue weighted by Crippen LogP contribution is -2.34. The van der Waals surface area contributed by atoms with E-state index in [2.05, 4.69) is 13.8 Å². The second-order valence-electron chi connectivity index (χ2n) is 2.73. The lowest BCUT2D eigenvalue weighted by Gasteiger charge is -2.28. The first-order chi connectivity index (χ1) is 4.86. The maximum absolute atomic E-state index is 5.51. The van der Waals surface area contributed by atoms with E-state index in [4.69, 9.17) is 9.47 Å². The molecule has 1 aliphatic heterocycles. The molecule has 0 saturated carbocycles. The second kappa shape index (κ2) is 3.94. The molecule has 1 fully saturated rings. The van der Waals surface area contributed by atoms with Gasteiger partial charge in [-0.05, 0) is 12.8 Å². The van der Waals surface area contributed by atoms with Gasteiger partial charge in [0.2, 0.25) is 0 Å². The van der Waals surface area contributed by atoms with Crippen LogP contribution >= 0.6 is 0 Å². The highest BCUT2D eigenvalue weighted by Gasteiger charge is 2.18. The second-order valence-corrected chi connectivity index (χ2v) is 2.73. The van der Waals surface area contributed by atoms with E-state index >= 15 is 0 Å². The molecular formula is C8H16O2. The van der Waals surface area contributed by atoms with Crippen LogP contribution in [0.3, 0.4) is 0 Å². The monoisotopic (exact) mass is 144 g/mol. The van der Waals surface area contributed by atoms with Crippen LogP contribution in [0.2, 0.25) is 0 Å². The highest BCUT2D eigenvalue weighted by molar-refractivity contribution is 4.64. The van der Waals surface area contributed by atoms with E-state index in [1.165, 1.54) is 0 Å². The summed E-state index contributed by atoms with van der Waals surface area (Å²) in [5.74, 6) is 0. The van der Waals surface area contributed by atoms with Gasteiger partial charge in [0.25, 0.3) is 0 Å². The smallest absolute Gasteiger partial charge is 0.0807 e. The topological polar surface area (TPSA) is 18.5 Å². The Kier molecular flexibility index (Phi) is 3.16. The quantitative estimate of drug-likeness (QED) is 0.586. The number of hydrogen-bond acceptors (Lipinski definition) is 2. The fourth-order valence-corrected chi connectivity index (χ4v) is 1.05. The van der Waals surface area contributed by atoms with Crippen molar-refractivity contribution < 1.29 is 9.47 Å². The van der Waals surface area contributed by atoms with Crippen molar-refractivity contribution in [3.63, 3.8) is 0 Å². The molecule has 0 aromatic rings. The molecule has 2 heteroatoms. The Morgan fingerprint density at radius 2 is 1.40 bits per heavy atom. The third-order valence-electron chi connectivity index (χ3n) is 1.95. The highest BCUT2D eigenvalue weighted by atomic mass is 16.6. The lowest BCUT2D eigenvalue weighted by atomic mass is 10.2. The first-order valence-corrected chi connectivity index (χ1v) is 4.10. The summed E-state index contributed by atoms with van der Waals surface area (Å²) in [5, 5.41) is 0. The average Bonchev–Trinajstić information content (AvgIpc) is 2.05. The van der Waals surface area contributed by atoms with Gasteiger partial charge in [-0.1, -0.05) is 13.8 Å². The number of ether oxygens (including phenoxy) is 2. The van der Waals surface area contributed by atoms with Crippen LogP contribution in [0.5, 0.6) is 0 Å². The van der Waals surface area contributed by atoms with Gasteiger partial charge in [-0.3, -0.25) is 0 Å². The summed E-state index contributed by atoms with van der Waals surface area (Å²) in [5.41, 5.74) is 0. The van der Waals surface area contributed by atoms with Gasteiger partial charge < -0.3 is 9.47 Å². The third-order valence-corrected chi connectivity index (χ3v) is 1.95. The summed E-state index contributed by atoms with van der Waals surface area (Å²) >= 11 is 0. The molecule has 2 nitrogen and oxygen atoms in total. The molecule has 0 aliphatic carbocycles. The minimum atomic E-state index is 0.350. The normalized spacial score (nSPS) is 34.2. The van der Waals surface area contributed by atoms with E-state index in [-0.39, 0.29) is 0 Å². The van der Waals surface area contributed by atoms with E-state index in [1.807, 2.05) is 0 Å². The molecule has 0 N–H and O–H groups in total. The SMILES string of the molecule is CC[C@H]1CO[C@@H](CC)CO1. The molecule has 1 aliphatic rings. The zero-order valence-electron chi connectivity index (χ0n) is 6.80. The minimum Gasteiger partial charge on any atom is -0.373 e. The van der Waals surface area contributed by atoms with Gasteiger partial charge in [-0.15, -0.1) is 0 Å². The van der Waals surface area contributed by atoms with Crippen LogP contribution in [0.1, 0.15) is 26.7 Å². The van der Waals surface area contributed by atoms with Crippen molar-refractivity contribution in [1.29, 1.82) is 0 Å². The molecule has 0 aromatic heterocycles. The summed E-state index contributed by atoms with van der Waals surface area (Å²) in [7, 11) is 0. The number of rotatable bonds is 2. The maximum Gasteiger partial charge on any atom is 0.0807 e. The summed E-state index contributed by atoms with van der Waals surface area (Å²) in [6.45, 7) is 5.82. The van der Waals surface area contributed by atoms with Crippen molar-refractivity contribution in [2.75, 3.05) is 13.2 Å². The molecule has 0 bridgehead atoms. The van der Waals surface area contributed by atoms with Gasteiger partial charge in [-0.2, -0.15) is 0 Å². The van der Waals surface area contributed by atoms with Crippen LogP contribution in [-0.4, -0.2) is 25.4 Å². The van der Waals surface area contributed by atoms with Crippen LogP contribution in [0, 0.1) is 0 Å². The van der Waals surface area contributed by atoms with Crippen LogP contribution in [-0.2, 0) is 9.47 Å². The Hall–Kier alpha value is -0.0800. The maximum atomic E-state index is 5.51. The molecule has 0 radical (unpaired) electrons. The van der Waals surface area contributed by atoms with Crippen molar-refractivity contribution in [2.24, 2.45) is 0 Å². The van der Waals surface area contributed by atoms with Crippen LogP contribution in [0.4, 0.5) is 0 Å². The molecule has 0 amide bonds. The Morgan fingerprint density at radius 1 is 1.00 bits per heavy atom. The standard InChI is InChI=1S/C8H16O2/c1-3-7-5-10-8(4-2)6-9-7/h7-8H,3-6H2,1-2H3/t7-,8-/m0/s1. The predicted molar refractivity (Wildman–Crippen MR) is 40.1 cm³/mol.